The lowest BCUT2D eigenvalue weighted by Gasteiger charge is -2.20. The first-order chi connectivity index (χ1) is 12.0. The highest BCUT2D eigenvalue weighted by Crippen LogP contribution is 2.32. The van der Waals surface area contributed by atoms with Crippen LogP contribution in [0.2, 0.25) is 0 Å². The zero-order chi connectivity index (χ0) is 17.6. The van der Waals surface area contributed by atoms with E-state index in [4.69, 9.17) is 0 Å². The molecular weight excluding hydrogens is 316 g/mol. The molecule has 4 rings (SSSR count). The third-order valence-electron chi connectivity index (χ3n) is 4.62. The molecule has 0 bridgehead atoms. The van der Waals surface area contributed by atoms with Crippen LogP contribution in [0, 0.1) is 13.8 Å². The summed E-state index contributed by atoms with van der Waals surface area (Å²) in [5, 5.41) is 9.74. The minimum atomic E-state index is -0.751. The summed E-state index contributed by atoms with van der Waals surface area (Å²) in [6.07, 6.45) is 0. The van der Waals surface area contributed by atoms with Crippen LogP contribution in [-0.2, 0) is 16.1 Å². The number of imide groups is 1. The number of hydrogen-bond acceptors (Lipinski definition) is 5. The first-order valence-corrected chi connectivity index (χ1v) is 8.22. The molecule has 0 unspecified atom stereocenters. The van der Waals surface area contributed by atoms with Crippen molar-refractivity contribution in [2.75, 3.05) is 4.90 Å². The lowest BCUT2D eigenvalue weighted by Crippen LogP contribution is -2.39. The number of aryl methyl sites for hydroxylation is 2. The van der Waals surface area contributed by atoms with E-state index in [2.05, 4.69) is 10.3 Å². The van der Waals surface area contributed by atoms with Crippen molar-refractivity contribution in [1.29, 1.82) is 0 Å². The minimum absolute atomic E-state index is 0.268. The summed E-state index contributed by atoms with van der Waals surface area (Å²) in [6.45, 7) is 4.43. The standard InChI is InChI=1S/C19H18N4O2/c1-12-3-7-14(8-4-12)11-22-17-16(20-21-22)18(24)23(19(17)25)15-9-5-13(2)6-10-15/h3-10,16-17H,11H2,1-2H3/t16-,17+/m1/s1. The molecular formula is C19H18N4O2. The number of amides is 2. The molecule has 1 saturated heterocycles. The molecule has 0 aromatic heterocycles. The van der Waals surface area contributed by atoms with Gasteiger partial charge in [-0.15, -0.1) is 0 Å². The smallest absolute Gasteiger partial charge is 0.263 e. The van der Waals surface area contributed by atoms with Crippen LogP contribution in [-0.4, -0.2) is 28.9 Å². The fourth-order valence-corrected chi connectivity index (χ4v) is 3.18. The van der Waals surface area contributed by atoms with Crippen LogP contribution in [0.3, 0.4) is 0 Å². The van der Waals surface area contributed by atoms with Crippen LogP contribution in [0.4, 0.5) is 5.69 Å². The highest BCUT2D eigenvalue weighted by atomic mass is 16.2. The number of nitrogens with zero attached hydrogens (tertiary/aromatic N) is 4. The summed E-state index contributed by atoms with van der Waals surface area (Å²) in [5.74, 6) is -0.579. The van der Waals surface area contributed by atoms with Gasteiger partial charge in [-0.3, -0.25) is 14.6 Å². The molecule has 2 atom stereocenters. The van der Waals surface area contributed by atoms with Gasteiger partial charge in [-0.25, -0.2) is 4.90 Å². The van der Waals surface area contributed by atoms with E-state index in [9.17, 15) is 9.59 Å². The van der Waals surface area contributed by atoms with Crippen molar-refractivity contribution in [2.45, 2.75) is 32.5 Å². The first kappa shape index (κ1) is 15.5. The highest BCUT2D eigenvalue weighted by molar-refractivity contribution is 6.25. The Labute approximate surface area is 145 Å². The number of benzene rings is 2. The SMILES string of the molecule is Cc1ccc(CN2N=N[C@H]3C(=O)N(c4ccc(C)cc4)C(=O)[C@H]32)cc1. The maximum atomic E-state index is 12.9. The van der Waals surface area contributed by atoms with Gasteiger partial charge < -0.3 is 0 Å². The molecule has 25 heavy (non-hydrogen) atoms. The van der Waals surface area contributed by atoms with Gasteiger partial charge in [0.15, 0.2) is 12.1 Å². The molecule has 0 N–H and O–H groups in total. The molecule has 0 saturated carbocycles. The lowest BCUT2D eigenvalue weighted by atomic mass is 10.1. The Morgan fingerprint density at radius 3 is 2.12 bits per heavy atom. The van der Waals surface area contributed by atoms with Gasteiger partial charge in [0.05, 0.1) is 12.2 Å². The van der Waals surface area contributed by atoms with E-state index in [0.29, 0.717) is 12.2 Å². The lowest BCUT2D eigenvalue weighted by molar-refractivity contribution is -0.123. The molecule has 0 radical (unpaired) electrons. The zero-order valence-electron chi connectivity index (χ0n) is 14.1. The minimum Gasteiger partial charge on any atom is -0.271 e. The molecule has 0 spiro atoms. The van der Waals surface area contributed by atoms with Crippen LogP contribution in [0.5, 0.6) is 0 Å². The molecule has 126 valence electrons. The van der Waals surface area contributed by atoms with Gasteiger partial charge >= 0.3 is 0 Å². The maximum absolute atomic E-state index is 12.9. The average Bonchev–Trinajstić information content (AvgIpc) is 3.12. The third kappa shape index (κ3) is 2.59. The van der Waals surface area contributed by atoms with Crippen molar-refractivity contribution >= 4 is 17.5 Å². The van der Waals surface area contributed by atoms with Crippen molar-refractivity contribution < 1.29 is 9.59 Å². The number of hydrogen-bond donors (Lipinski definition) is 0. The van der Waals surface area contributed by atoms with Crippen LogP contribution < -0.4 is 4.90 Å². The Hall–Kier alpha value is -3.02. The van der Waals surface area contributed by atoms with E-state index in [-0.39, 0.29) is 11.8 Å². The Kier molecular flexibility index (Phi) is 3.60. The van der Waals surface area contributed by atoms with Crippen LogP contribution in [0.1, 0.15) is 16.7 Å². The second kappa shape index (κ2) is 5.81. The molecule has 2 aromatic rings. The van der Waals surface area contributed by atoms with Crippen LogP contribution in [0.15, 0.2) is 58.9 Å². The van der Waals surface area contributed by atoms with Crippen molar-refractivity contribution in [3.05, 3.63) is 65.2 Å². The Morgan fingerprint density at radius 1 is 0.880 bits per heavy atom. The predicted octanol–water partition coefficient (Wildman–Crippen LogP) is 2.80. The summed E-state index contributed by atoms with van der Waals surface area (Å²) in [4.78, 5) is 26.8. The maximum Gasteiger partial charge on any atom is 0.263 e. The fourth-order valence-electron chi connectivity index (χ4n) is 3.18. The van der Waals surface area contributed by atoms with Crippen molar-refractivity contribution in [1.82, 2.24) is 5.01 Å². The Bertz CT molecular complexity index is 858. The number of fused-ring (bicyclic) bond motifs is 1. The largest absolute Gasteiger partial charge is 0.271 e. The number of anilines is 1. The van der Waals surface area contributed by atoms with Crippen LogP contribution in [0.25, 0.3) is 0 Å². The molecule has 2 aromatic carbocycles. The molecule has 1 fully saturated rings. The normalized spacial score (nSPS) is 22.0. The first-order valence-electron chi connectivity index (χ1n) is 8.22. The molecule has 2 amide bonds. The van der Waals surface area contributed by atoms with Gasteiger partial charge in [0.2, 0.25) is 0 Å². The summed E-state index contributed by atoms with van der Waals surface area (Å²) >= 11 is 0. The predicted molar refractivity (Wildman–Crippen MR) is 92.8 cm³/mol. The van der Waals surface area contributed by atoms with Gasteiger partial charge in [0.1, 0.15) is 0 Å². The highest BCUT2D eigenvalue weighted by Gasteiger charge is 2.54. The number of carbonyl (C=O) groups is 2. The quantitative estimate of drug-likeness (QED) is 0.811. The number of carbonyl (C=O) groups excluding carboxylic acids is 2. The summed E-state index contributed by atoms with van der Waals surface area (Å²) in [7, 11) is 0. The van der Waals surface area contributed by atoms with E-state index in [1.165, 1.54) is 10.5 Å². The van der Waals surface area contributed by atoms with E-state index < -0.39 is 12.1 Å². The zero-order valence-corrected chi connectivity index (χ0v) is 14.1. The molecule has 6 nitrogen and oxygen atoms in total. The van der Waals surface area contributed by atoms with E-state index in [0.717, 1.165) is 11.1 Å². The Balaban J connectivity index is 1.59. The molecule has 2 aliphatic rings. The van der Waals surface area contributed by atoms with Gasteiger partial charge in [0.25, 0.3) is 11.8 Å². The monoisotopic (exact) mass is 334 g/mol. The summed E-state index contributed by atoms with van der Waals surface area (Å²) in [6, 6.07) is 14.0. The van der Waals surface area contributed by atoms with Crippen molar-refractivity contribution in [3.63, 3.8) is 0 Å². The van der Waals surface area contributed by atoms with Gasteiger partial charge in [-0.1, -0.05) is 52.7 Å². The third-order valence-corrected chi connectivity index (χ3v) is 4.62. The molecule has 2 heterocycles. The van der Waals surface area contributed by atoms with Gasteiger partial charge in [-0.2, -0.15) is 5.11 Å². The summed E-state index contributed by atoms with van der Waals surface area (Å²) in [5.41, 5.74) is 3.85. The number of rotatable bonds is 3. The van der Waals surface area contributed by atoms with E-state index in [1.54, 1.807) is 17.1 Å². The van der Waals surface area contributed by atoms with Crippen molar-refractivity contribution in [2.24, 2.45) is 10.3 Å². The second-order valence-electron chi connectivity index (χ2n) is 6.53. The second-order valence-corrected chi connectivity index (χ2v) is 6.53. The van der Waals surface area contributed by atoms with E-state index in [1.807, 2.05) is 50.2 Å². The molecule has 6 heteroatoms. The molecule has 0 aliphatic carbocycles. The van der Waals surface area contributed by atoms with Gasteiger partial charge in [-0.05, 0) is 31.5 Å². The van der Waals surface area contributed by atoms with Crippen LogP contribution >= 0.6 is 0 Å². The molecule has 2 aliphatic heterocycles. The van der Waals surface area contributed by atoms with Crippen molar-refractivity contribution in [3.8, 4) is 0 Å². The van der Waals surface area contributed by atoms with Gasteiger partial charge in [0, 0.05) is 0 Å². The summed E-state index contributed by atoms with van der Waals surface area (Å²) < 4.78 is 0. The fraction of sp³-hybridized carbons (Fsp3) is 0.263. The average molecular weight is 334 g/mol. The Morgan fingerprint density at radius 2 is 1.48 bits per heavy atom. The topological polar surface area (TPSA) is 65.3 Å². The van der Waals surface area contributed by atoms with E-state index >= 15 is 0 Å².